The molecule has 0 aromatic rings. The Kier molecular flexibility index (Phi) is 5.40. The van der Waals surface area contributed by atoms with Gasteiger partial charge in [-0.05, 0) is 43.8 Å². The van der Waals surface area contributed by atoms with E-state index in [1.54, 1.807) is 0 Å². The van der Waals surface area contributed by atoms with Crippen molar-refractivity contribution >= 4 is 14.3 Å². The number of carbonyl (C=O) groups excluding carboxylic acids is 1. The van der Waals surface area contributed by atoms with E-state index < -0.39 is 19.3 Å². The predicted molar refractivity (Wildman–Crippen MR) is 110 cm³/mol. The summed E-state index contributed by atoms with van der Waals surface area (Å²) in [5, 5.41) is 12.0. The van der Waals surface area contributed by atoms with Crippen LogP contribution in [0, 0.1) is 10.8 Å². The lowest BCUT2D eigenvalue weighted by Crippen LogP contribution is -2.52. The second-order valence-electron chi connectivity index (χ2n) is 10.9. The van der Waals surface area contributed by atoms with E-state index in [9.17, 15) is 9.90 Å². The summed E-state index contributed by atoms with van der Waals surface area (Å²) in [5.74, 6) is -0.225. The topological polar surface area (TPSA) is 55.8 Å². The molecule has 0 heterocycles. The number of carbonyl (C=O) groups is 1. The Morgan fingerprint density at radius 3 is 1.89 bits per heavy atom. The Morgan fingerprint density at radius 2 is 1.44 bits per heavy atom. The van der Waals surface area contributed by atoms with Gasteiger partial charge >= 0.3 is 5.97 Å². The average Bonchev–Trinajstić information content (AvgIpc) is 3.14. The minimum Gasteiger partial charge on any atom is -0.468 e. The van der Waals surface area contributed by atoms with Crippen LogP contribution in [-0.2, 0) is 14.0 Å². The number of rotatable bonds is 4. The zero-order valence-electron chi connectivity index (χ0n) is 18.3. The predicted octanol–water partition coefficient (Wildman–Crippen LogP) is 5.20. The van der Waals surface area contributed by atoms with Crippen molar-refractivity contribution in [3.8, 4) is 0 Å². The minimum absolute atomic E-state index is 0.0719. The van der Waals surface area contributed by atoms with Gasteiger partial charge in [0.25, 0.3) is 0 Å². The molecule has 0 aromatic heterocycles. The van der Waals surface area contributed by atoms with Crippen LogP contribution in [0.4, 0.5) is 0 Å². The van der Waals surface area contributed by atoms with Crippen LogP contribution in [0.15, 0.2) is 0 Å². The van der Waals surface area contributed by atoms with Gasteiger partial charge in [0.15, 0.2) is 8.32 Å². The van der Waals surface area contributed by atoms with Crippen molar-refractivity contribution in [2.45, 2.75) is 115 Å². The highest BCUT2D eigenvalue weighted by Gasteiger charge is 2.88. The molecule has 3 saturated carbocycles. The summed E-state index contributed by atoms with van der Waals surface area (Å²) in [5.41, 5.74) is -2.09. The van der Waals surface area contributed by atoms with Gasteiger partial charge in [-0.2, -0.15) is 0 Å². The van der Waals surface area contributed by atoms with E-state index in [0.717, 1.165) is 44.9 Å². The molecule has 4 nitrogen and oxygen atoms in total. The molecule has 3 fully saturated rings. The molecular formula is C22H40O4Si. The first kappa shape index (κ1) is 21.3. The van der Waals surface area contributed by atoms with Crippen LogP contribution >= 0.6 is 0 Å². The second-order valence-corrected chi connectivity index (χ2v) is 15.6. The first-order valence-corrected chi connectivity index (χ1v) is 13.9. The largest absolute Gasteiger partial charge is 0.468 e. The van der Waals surface area contributed by atoms with E-state index in [2.05, 4.69) is 33.9 Å². The van der Waals surface area contributed by atoms with Gasteiger partial charge in [-0.3, -0.25) is 4.79 Å². The van der Waals surface area contributed by atoms with Crippen LogP contribution in [0.3, 0.4) is 0 Å². The summed E-state index contributed by atoms with van der Waals surface area (Å²) in [7, 11) is -0.598. The van der Waals surface area contributed by atoms with Crippen LogP contribution in [0.25, 0.3) is 0 Å². The van der Waals surface area contributed by atoms with Gasteiger partial charge in [0.05, 0.1) is 18.8 Å². The molecule has 5 heteroatoms. The molecule has 27 heavy (non-hydrogen) atoms. The molecule has 1 spiro atoms. The zero-order valence-corrected chi connectivity index (χ0v) is 19.3. The summed E-state index contributed by atoms with van der Waals surface area (Å²) in [6, 6.07) is 0. The standard InChI is InChI=1S/C22H40O4Si/c1-19(2,3)27(5,6)26-17-20(13-9-7-10-14-20)22(17,18(23)25-4)21(24)15-11-8-12-16-21/h17,24H,7-16H2,1-6H3. The lowest BCUT2D eigenvalue weighted by atomic mass is 9.66. The number of hydrogen-bond acceptors (Lipinski definition) is 4. The highest BCUT2D eigenvalue weighted by molar-refractivity contribution is 6.74. The normalized spacial score (nSPS) is 32.9. The summed E-state index contributed by atoms with van der Waals surface area (Å²) in [6.45, 7) is 11.2. The highest BCUT2D eigenvalue weighted by atomic mass is 28.4. The van der Waals surface area contributed by atoms with E-state index in [-0.39, 0.29) is 22.5 Å². The van der Waals surface area contributed by atoms with Crippen LogP contribution < -0.4 is 0 Å². The molecule has 0 saturated heterocycles. The van der Waals surface area contributed by atoms with Crippen molar-refractivity contribution in [2.75, 3.05) is 7.11 Å². The summed E-state index contributed by atoms with van der Waals surface area (Å²) >= 11 is 0. The summed E-state index contributed by atoms with van der Waals surface area (Å²) < 4.78 is 12.3. The lowest BCUT2D eigenvalue weighted by molar-refractivity contribution is -0.170. The fourth-order valence-electron chi connectivity index (χ4n) is 5.97. The molecule has 2 atom stereocenters. The van der Waals surface area contributed by atoms with Crippen LogP contribution in [0.1, 0.15) is 85.0 Å². The molecule has 0 amide bonds. The molecule has 3 aliphatic carbocycles. The summed E-state index contributed by atoms with van der Waals surface area (Å²) in [6.07, 6.45) is 9.71. The zero-order chi connectivity index (χ0) is 20.1. The molecular weight excluding hydrogens is 356 g/mol. The third kappa shape index (κ3) is 2.95. The number of esters is 1. The molecule has 0 aliphatic heterocycles. The molecule has 3 aliphatic rings. The van der Waals surface area contributed by atoms with Crippen molar-refractivity contribution in [1.82, 2.24) is 0 Å². The van der Waals surface area contributed by atoms with E-state index >= 15 is 0 Å². The molecule has 3 rings (SSSR count). The monoisotopic (exact) mass is 396 g/mol. The van der Waals surface area contributed by atoms with E-state index in [4.69, 9.17) is 9.16 Å². The van der Waals surface area contributed by atoms with Crippen molar-refractivity contribution in [3.05, 3.63) is 0 Å². The first-order valence-electron chi connectivity index (χ1n) is 11.0. The first-order chi connectivity index (χ1) is 12.5. The van der Waals surface area contributed by atoms with Gasteiger partial charge < -0.3 is 14.3 Å². The van der Waals surface area contributed by atoms with E-state index in [1.807, 2.05) is 0 Å². The Morgan fingerprint density at radius 1 is 0.963 bits per heavy atom. The smallest absolute Gasteiger partial charge is 0.318 e. The maximum absolute atomic E-state index is 13.4. The Balaban J connectivity index is 2.07. The van der Waals surface area contributed by atoms with Crippen LogP contribution in [0.5, 0.6) is 0 Å². The second kappa shape index (κ2) is 6.84. The lowest BCUT2D eigenvalue weighted by Gasteiger charge is -2.42. The minimum atomic E-state index is -2.08. The third-order valence-electron chi connectivity index (χ3n) is 8.48. The molecule has 0 radical (unpaired) electrons. The summed E-state index contributed by atoms with van der Waals surface area (Å²) in [4.78, 5) is 13.4. The van der Waals surface area contributed by atoms with Crippen LogP contribution in [-0.4, -0.2) is 38.2 Å². The van der Waals surface area contributed by atoms with E-state index in [1.165, 1.54) is 13.5 Å². The van der Waals surface area contributed by atoms with Crippen molar-refractivity contribution in [1.29, 1.82) is 0 Å². The number of methoxy groups -OCH3 is 1. The number of ether oxygens (including phenoxy) is 1. The SMILES string of the molecule is COC(=O)C1(C2(O)CCCCC2)C(O[Si](C)(C)C(C)(C)C)C12CCCCC2. The Hall–Kier alpha value is -0.393. The van der Waals surface area contributed by atoms with Crippen molar-refractivity contribution < 1.29 is 19.1 Å². The molecule has 1 N–H and O–H groups in total. The van der Waals surface area contributed by atoms with Gasteiger partial charge in [0.2, 0.25) is 0 Å². The van der Waals surface area contributed by atoms with Crippen LogP contribution in [0.2, 0.25) is 18.1 Å². The van der Waals surface area contributed by atoms with Gasteiger partial charge in [-0.25, -0.2) is 0 Å². The third-order valence-corrected chi connectivity index (χ3v) is 12.9. The van der Waals surface area contributed by atoms with Gasteiger partial charge in [0.1, 0.15) is 5.41 Å². The quantitative estimate of drug-likeness (QED) is 0.524. The van der Waals surface area contributed by atoms with Crippen molar-refractivity contribution in [3.63, 3.8) is 0 Å². The highest BCUT2D eigenvalue weighted by Crippen LogP contribution is 2.78. The molecule has 0 aromatic carbocycles. The van der Waals surface area contributed by atoms with Gasteiger partial charge in [0, 0.05) is 5.41 Å². The number of hydrogen-bond donors (Lipinski definition) is 1. The fraction of sp³-hybridized carbons (Fsp3) is 0.955. The van der Waals surface area contributed by atoms with E-state index in [0.29, 0.717) is 12.8 Å². The molecule has 0 bridgehead atoms. The average molecular weight is 397 g/mol. The van der Waals surface area contributed by atoms with Crippen molar-refractivity contribution in [2.24, 2.45) is 10.8 Å². The number of aliphatic hydroxyl groups is 1. The molecule has 156 valence electrons. The maximum atomic E-state index is 13.4. The van der Waals surface area contributed by atoms with Gasteiger partial charge in [-0.15, -0.1) is 0 Å². The maximum Gasteiger partial charge on any atom is 0.318 e. The Labute approximate surface area is 166 Å². The fourth-order valence-corrected chi connectivity index (χ4v) is 7.31. The van der Waals surface area contributed by atoms with Gasteiger partial charge in [-0.1, -0.05) is 59.3 Å². The molecule has 2 unspecified atom stereocenters. The Bertz CT molecular complexity index is 567.